The number of carbonyl (C=O) groups is 1. The van der Waals surface area contributed by atoms with Crippen molar-refractivity contribution in [2.45, 2.75) is 12.8 Å². The maximum atomic E-state index is 13.2. The summed E-state index contributed by atoms with van der Waals surface area (Å²) < 4.78 is 13.6. The molecule has 1 aromatic rings. The number of hydrogen-bond acceptors (Lipinski definition) is 2. The van der Waals surface area contributed by atoms with Crippen LogP contribution in [0.2, 0.25) is 0 Å². The van der Waals surface area contributed by atoms with Crippen LogP contribution in [0.4, 0.5) is 10.1 Å². The zero-order chi connectivity index (χ0) is 10.1. The first-order chi connectivity index (χ1) is 6.68. The topological polar surface area (TPSA) is 29.1 Å². The van der Waals surface area contributed by atoms with E-state index in [1.54, 1.807) is 6.07 Å². The van der Waals surface area contributed by atoms with Crippen molar-refractivity contribution in [2.75, 3.05) is 11.9 Å². The molecule has 0 unspecified atom stereocenters. The Kier molecular flexibility index (Phi) is 2.54. The summed E-state index contributed by atoms with van der Waals surface area (Å²) in [6, 6.07) is 2.91. The lowest BCUT2D eigenvalue weighted by Crippen LogP contribution is -2.01. The molecule has 1 aliphatic rings. The molecule has 14 heavy (non-hydrogen) atoms. The van der Waals surface area contributed by atoms with Crippen LogP contribution in [-0.4, -0.2) is 12.3 Å². The molecule has 0 radical (unpaired) electrons. The normalized spacial score (nSPS) is 15.7. The van der Waals surface area contributed by atoms with Gasteiger partial charge < -0.3 is 5.32 Å². The molecular formula is C10H9BrFNO. The number of Topliss-reactive ketones (excluding diaryl/α,β-unsaturated/α-hetero) is 1. The predicted octanol–water partition coefficient (Wildman–Crippen LogP) is 2.98. The molecule has 1 aromatic carbocycles. The first-order valence-corrected chi connectivity index (χ1v) is 5.24. The predicted molar refractivity (Wildman–Crippen MR) is 56.2 cm³/mol. The van der Waals surface area contributed by atoms with Crippen LogP contribution in [-0.2, 0) is 0 Å². The van der Waals surface area contributed by atoms with Gasteiger partial charge in [0.15, 0.2) is 5.78 Å². The standard InChI is InChI=1S/C10H9BrFNO/c11-7-5-9-6(4-8(7)12)10(14)2-1-3-13-9/h4-5,13H,1-3H2. The van der Waals surface area contributed by atoms with Crippen molar-refractivity contribution in [1.29, 1.82) is 0 Å². The van der Waals surface area contributed by atoms with Gasteiger partial charge in [-0.05, 0) is 34.5 Å². The molecule has 2 rings (SSSR count). The van der Waals surface area contributed by atoms with Crippen molar-refractivity contribution in [2.24, 2.45) is 0 Å². The number of ketones is 1. The molecule has 74 valence electrons. The minimum atomic E-state index is -0.388. The smallest absolute Gasteiger partial charge is 0.165 e. The Morgan fingerprint density at radius 2 is 2.21 bits per heavy atom. The third kappa shape index (κ3) is 1.66. The summed E-state index contributed by atoms with van der Waals surface area (Å²) in [5.74, 6) is -0.378. The molecule has 0 saturated carbocycles. The van der Waals surface area contributed by atoms with Gasteiger partial charge in [0.2, 0.25) is 0 Å². The molecule has 0 amide bonds. The molecule has 4 heteroatoms. The highest BCUT2D eigenvalue weighted by molar-refractivity contribution is 9.10. The molecule has 0 bridgehead atoms. The fourth-order valence-electron chi connectivity index (χ4n) is 1.53. The fraction of sp³-hybridized carbons (Fsp3) is 0.300. The second-order valence-corrected chi connectivity index (χ2v) is 4.12. The summed E-state index contributed by atoms with van der Waals surface area (Å²) in [5.41, 5.74) is 1.18. The van der Waals surface area contributed by atoms with Crippen LogP contribution in [0.25, 0.3) is 0 Å². The lowest BCUT2D eigenvalue weighted by Gasteiger charge is -2.07. The minimum absolute atomic E-state index is 0.0106. The summed E-state index contributed by atoms with van der Waals surface area (Å²) >= 11 is 3.09. The summed E-state index contributed by atoms with van der Waals surface area (Å²) in [7, 11) is 0. The number of fused-ring (bicyclic) bond motifs is 1. The molecule has 1 N–H and O–H groups in total. The van der Waals surface area contributed by atoms with E-state index < -0.39 is 0 Å². The first kappa shape index (κ1) is 9.65. The SMILES string of the molecule is O=C1CCCNc2cc(Br)c(F)cc21. The Morgan fingerprint density at radius 3 is 3.00 bits per heavy atom. The van der Waals surface area contributed by atoms with Gasteiger partial charge in [-0.1, -0.05) is 0 Å². The van der Waals surface area contributed by atoms with Gasteiger partial charge in [0.1, 0.15) is 5.82 Å². The molecule has 0 aliphatic carbocycles. The Bertz CT molecular complexity index is 392. The number of carbonyl (C=O) groups excluding carboxylic acids is 1. The third-order valence-electron chi connectivity index (χ3n) is 2.26. The molecule has 0 saturated heterocycles. The van der Waals surface area contributed by atoms with Crippen molar-refractivity contribution in [3.63, 3.8) is 0 Å². The number of benzene rings is 1. The van der Waals surface area contributed by atoms with Gasteiger partial charge in [-0.15, -0.1) is 0 Å². The molecule has 0 aromatic heterocycles. The Hall–Kier alpha value is -0.900. The van der Waals surface area contributed by atoms with Gasteiger partial charge in [-0.25, -0.2) is 4.39 Å². The van der Waals surface area contributed by atoms with E-state index in [1.807, 2.05) is 0 Å². The van der Waals surface area contributed by atoms with Gasteiger partial charge in [0, 0.05) is 24.2 Å². The van der Waals surface area contributed by atoms with E-state index in [2.05, 4.69) is 21.2 Å². The third-order valence-corrected chi connectivity index (χ3v) is 2.86. The Morgan fingerprint density at radius 1 is 1.43 bits per heavy atom. The number of rotatable bonds is 0. The van der Waals surface area contributed by atoms with Crippen LogP contribution >= 0.6 is 15.9 Å². The van der Waals surface area contributed by atoms with Crippen molar-refractivity contribution in [3.8, 4) is 0 Å². The van der Waals surface area contributed by atoms with Crippen LogP contribution in [0, 0.1) is 5.82 Å². The molecule has 1 aliphatic heterocycles. The molecule has 0 atom stereocenters. The van der Waals surface area contributed by atoms with E-state index >= 15 is 0 Å². The van der Waals surface area contributed by atoms with Crippen LogP contribution in [0.5, 0.6) is 0 Å². The van der Waals surface area contributed by atoms with E-state index in [1.165, 1.54) is 6.07 Å². The lowest BCUT2D eigenvalue weighted by atomic mass is 10.1. The molecule has 2 nitrogen and oxygen atoms in total. The van der Waals surface area contributed by atoms with Crippen LogP contribution in [0.15, 0.2) is 16.6 Å². The second-order valence-electron chi connectivity index (χ2n) is 3.27. The van der Waals surface area contributed by atoms with E-state index in [0.29, 0.717) is 16.5 Å². The highest BCUT2D eigenvalue weighted by Crippen LogP contribution is 2.27. The van der Waals surface area contributed by atoms with E-state index in [0.717, 1.165) is 18.7 Å². The van der Waals surface area contributed by atoms with Gasteiger partial charge >= 0.3 is 0 Å². The lowest BCUT2D eigenvalue weighted by molar-refractivity contribution is 0.0983. The highest BCUT2D eigenvalue weighted by Gasteiger charge is 2.17. The van der Waals surface area contributed by atoms with Crippen LogP contribution in [0.1, 0.15) is 23.2 Å². The summed E-state index contributed by atoms with van der Waals surface area (Å²) in [6.45, 7) is 0.761. The summed E-state index contributed by atoms with van der Waals surface area (Å²) in [5, 5.41) is 3.11. The zero-order valence-corrected chi connectivity index (χ0v) is 9.03. The Balaban J connectivity index is 2.54. The molecule has 0 fully saturated rings. The van der Waals surface area contributed by atoms with Crippen molar-refractivity contribution in [1.82, 2.24) is 0 Å². The average molecular weight is 258 g/mol. The number of anilines is 1. The van der Waals surface area contributed by atoms with Gasteiger partial charge in [0.25, 0.3) is 0 Å². The number of nitrogens with one attached hydrogen (secondary N) is 1. The van der Waals surface area contributed by atoms with Crippen molar-refractivity contribution in [3.05, 3.63) is 28.0 Å². The van der Waals surface area contributed by atoms with E-state index in [-0.39, 0.29) is 11.6 Å². The maximum Gasteiger partial charge on any atom is 0.165 e. The first-order valence-electron chi connectivity index (χ1n) is 4.44. The maximum absolute atomic E-state index is 13.2. The zero-order valence-electron chi connectivity index (χ0n) is 7.44. The van der Waals surface area contributed by atoms with Gasteiger partial charge in [-0.2, -0.15) is 0 Å². The van der Waals surface area contributed by atoms with Gasteiger partial charge in [0.05, 0.1) is 4.47 Å². The highest BCUT2D eigenvalue weighted by atomic mass is 79.9. The molecule has 0 spiro atoms. The summed E-state index contributed by atoms with van der Waals surface area (Å²) in [6.07, 6.45) is 1.29. The number of halogens is 2. The monoisotopic (exact) mass is 257 g/mol. The van der Waals surface area contributed by atoms with E-state index in [9.17, 15) is 9.18 Å². The fourth-order valence-corrected chi connectivity index (χ4v) is 1.87. The summed E-state index contributed by atoms with van der Waals surface area (Å²) in [4.78, 5) is 11.5. The van der Waals surface area contributed by atoms with E-state index in [4.69, 9.17) is 0 Å². The van der Waals surface area contributed by atoms with Crippen molar-refractivity contribution >= 4 is 27.4 Å². The minimum Gasteiger partial charge on any atom is -0.384 e. The molecular weight excluding hydrogens is 249 g/mol. The largest absolute Gasteiger partial charge is 0.384 e. The molecule has 1 heterocycles. The van der Waals surface area contributed by atoms with Crippen LogP contribution < -0.4 is 5.32 Å². The van der Waals surface area contributed by atoms with Crippen LogP contribution in [0.3, 0.4) is 0 Å². The number of hydrogen-bond donors (Lipinski definition) is 1. The quantitative estimate of drug-likeness (QED) is 0.775. The average Bonchev–Trinajstić information content (AvgIpc) is 2.31. The Labute approximate surface area is 89.6 Å². The second kappa shape index (κ2) is 3.69. The van der Waals surface area contributed by atoms with Crippen molar-refractivity contribution < 1.29 is 9.18 Å². The van der Waals surface area contributed by atoms with Gasteiger partial charge in [-0.3, -0.25) is 4.79 Å².